The highest BCUT2D eigenvalue weighted by atomic mass is 16.8. The molecule has 68 valence electrons. The normalized spacial score (nSPS) is 13.4. The van der Waals surface area contributed by atoms with Gasteiger partial charge in [-0.3, -0.25) is 4.63 Å². The molecule has 0 fully saturated rings. The van der Waals surface area contributed by atoms with Crippen LogP contribution in [0.15, 0.2) is 22.8 Å². The topological polar surface area (TPSA) is 79.0 Å². The van der Waals surface area contributed by atoms with Crippen molar-refractivity contribution >= 4 is 11.0 Å². The lowest BCUT2D eigenvalue weighted by molar-refractivity contribution is -0.782. The minimum atomic E-state index is -0.0683. The van der Waals surface area contributed by atoms with Gasteiger partial charge in [0.2, 0.25) is 11.0 Å². The van der Waals surface area contributed by atoms with Crippen LogP contribution in [-0.4, -0.2) is 5.16 Å². The Balaban J connectivity index is 2.63. The predicted molar refractivity (Wildman–Crippen MR) is 45.6 cm³/mol. The van der Waals surface area contributed by atoms with Gasteiger partial charge in [0.15, 0.2) is 0 Å². The van der Waals surface area contributed by atoms with Crippen LogP contribution < -0.4 is 10.6 Å². The predicted octanol–water partition coefficient (Wildman–Crippen LogP) is 0.481. The van der Waals surface area contributed by atoms with Gasteiger partial charge in [-0.2, -0.15) is 0 Å². The second kappa shape index (κ2) is 2.70. The zero-order valence-electron chi connectivity index (χ0n) is 7.10. The van der Waals surface area contributed by atoms with Crippen molar-refractivity contribution < 1.29 is 9.53 Å². The van der Waals surface area contributed by atoms with Crippen LogP contribution in [-0.2, 0) is 0 Å². The summed E-state index contributed by atoms with van der Waals surface area (Å²) < 4.78 is 4.42. The first-order valence-electron chi connectivity index (χ1n) is 3.93. The first-order chi connectivity index (χ1) is 6.18. The molecule has 5 heteroatoms. The molecule has 1 aromatic heterocycles. The average molecular weight is 179 g/mol. The molecule has 0 spiro atoms. The summed E-state index contributed by atoms with van der Waals surface area (Å²) in [7, 11) is 0. The number of nitrogens with zero attached hydrogens (tertiary/aromatic N) is 2. The van der Waals surface area contributed by atoms with E-state index in [0.717, 1.165) is 5.56 Å². The van der Waals surface area contributed by atoms with E-state index in [1.807, 2.05) is 6.92 Å². The fourth-order valence-electron chi connectivity index (χ4n) is 1.18. The Kier molecular flexibility index (Phi) is 1.66. The Hall–Kier alpha value is -1.62. The summed E-state index contributed by atoms with van der Waals surface area (Å²) in [5, 5.41) is 14.5. The van der Waals surface area contributed by atoms with Crippen LogP contribution in [0.2, 0.25) is 0 Å². The lowest BCUT2D eigenvalue weighted by Crippen LogP contribution is -2.22. The minimum Gasteiger partial charge on any atom is -0.359 e. The highest BCUT2D eigenvalue weighted by Gasteiger charge is 2.10. The third-order valence-corrected chi connectivity index (χ3v) is 1.94. The molecule has 2 rings (SSSR count). The van der Waals surface area contributed by atoms with Crippen molar-refractivity contribution in [3.05, 3.63) is 29.0 Å². The van der Waals surface area contributed by atoms with Crippen molar-refractivity contribution in [2.24, 2.45) is 5.73 Å². The maximum Gasteiger partial charge on any atom is 0.248 e. The zero-order valence-corrected chi connectivity index (χ0v) is 7.10. The Bertz CT molecular complexity index is 436. The molecule has 0 saturated heterocycles. The fraction of sp³-hybridized carbons (Fsp3) is 0.250. The van der Waals surface area contributed by atoms with Crippen LogP contribution >= 0.6 is 0 Å². The number of aromatic nitrogens is 2. The quantitative estimate of drug-likeness (QED) is 0.646. The van der Waals surface area contributed by atoms with Gasteiger partial charge in [0, 0.05) is 17.3 Å². The van der Waals surface area contributed by atoms with Gasteiger partial charge in [-0.15, -0.1) is 0 Å². The number of nitrogens with two attached hydrogens (primary N) is 1. The number of hydrogen-bond donors (Lipinski definition) is 1. The summed E-state index contributed by atoms with van der Waals surface area (Å²) >= 11 is 0. The Labute approximate surface area is 74.3 Å². The average Bonchev–Trinajstić information content (AvgIpc) is 2.47. The van der Waals surface area contributed by atoms with E-state index in [1.165, 1.54) is 0 Å². The van der Waals surface area contributed by atoms with Crippen LogP contribution in [0, 0.1) is 5.21 Å². The molecule has 0 amide bonds. The van der Waals surface area contributed by atoms with Crippen molar-refractivity contribution in [2.75, 3.05) is 0 Å². The van der Waals surface area contributed by atoms with Crippen molar-refractivity contribution in [1.82, 2.24) is 5.16 Å². The van der Waals surface area contributed by atoms with Gasteiger partial charge < -0.3 is 10.9 Å². The third kappa shape index (κ3) is 1.23. The molecule has 1 aromatic carbocycles. The standard InChI is InChI=1S/C8H9N3O2/c1-5(9)6-2-3-8-7(4-6)10-13-11(8)12/h2-5H,9H2,1H3. The highest BCUT2D eigenvalue weighted by molar-refractivity contribution is 5.71. The molecular formula is C8H9N3O2. The molecule has 0 aliphatic heterocycles. The maximum absolute atomic E-state index is 10.9. The van der Waals surface area contributed by atoms with Gasteiger partial charge in [0.25, 0.3) is 0 Å². The lowest BCUT2D eigenvalue weighted by Gasteiger charge is -2.01. The number of fused-ring (bicyclic) bond motifs is 1. The number of hydrogen-bond acceptors (Lipinski definition) is 4. The number of rotatable bonds is 1. The summed E-state index contributed by atoms with van der Waals surface area (Å²) in [6.45, 7) is 1.87. The molecule has 5 nitrogen and oxygen atoms in total. The van der Waals surface area contributed by atoms with Crippen LogP contribution in [0.25, 0.3) is 11.0 Å². The molecule has 1 heterocycles. The summed E-state index contributed by atoms with van der Waals surface area (Å²) in [5.41, 5.74) is 7.55. The van der Waals surface area contributed by atoms with Crippen molar-refractivity contribution in [2.45, 2.75) is 13.0 Å². The highest BCUT2D eigenvalue weighted by Crippen LogP contribution is 2.14. The van der Waals surface area contributed by atoms with E-state index in [4.69, 9.17) is 5.73 Å². The molecule has 2 aromatic rings. The van der Waals surface area contributed by atoms with Gasteiger partial charge in [-0.05, 0) is 23.5 Å². The Morgan fingerprint density at radius 2 is 2.38 bits per heavy atom. The second-order valence-electron chi connectivity index (χ2n) is 2.97. The summed E-state index contributed by atoms with van der Waals surface area (Å²) in [6, 6.07) is 5.12. The van der Waals surface area contributed by atoms with E-state index >= 15 is 0 Å². The monoisotopic (exact) mass is 179 g/mol. The molecule has 1 unspecified atom stereocenters. The molecule has 0 bridgehead atoms. The van der Waals surface area contributed by atoms with E-state index in [1.54, 1.807) is 18.2 Å². The maximum atomic E-state index is 10.9. The van der Waals surface area contributed by atoms with E-state index in [-0.39, 0.29) is 6.04 Å². The number of benzene rings is 1. The van der Waals surface area contributed by atoms with Gasteiger partial charge >= 0.3 is 0 Å². The third-order valence-electron chi connectivity index (χ3n) is 1.94. The zero-order chi connectivity index (χ0) is 9.42. The Morgan fingerprint density at radius 3 is 3.08 bits per heavy atom. The van der Waals surface area contributed by atoms with E-state index in [0.29, 0.717) is 15.9 Å². The molecular weight excluding hydrogens is 170 g/mol. The lowest BCUT2D eigenvalue weighted by atomic mass is 10.1. The van der Waals surface area contributed by atoms with Gasteiger partial charge in [-0.1, -0.05) is 6.07 Å². The van der Waals surface area contributed by atoms with Crippen LogP contribution in [0.1, 0.15) is 18.5 Å². The SMILES string of the molecule is CC(N)c1ccc2c(c1)no[n+]2[O-]. The molecule has 0 radical (unpaired) electrons. The first kappa shape index (κ1) is 8.00. The first-order valence-corrected chi connectivity index (χ1v) is 3.93. The van der Waals surface area contributed by atoms with Gasteiger partial charge in [0.05, 0.1) is 0 Å². The van der Waals surface area contributed by atoms with Crippen molar-refractivity contribution in [1.29, 1.82) is 0 Å². The summed E-state index contributed by atoms with van der Waals surface area (Å²) in [6.07, 6.45) is 0. The van der Waals surface area contributed by atoms with Crippen LogP contribution in [0.5, 0.6) is 0 Å². The Morgan fingerprint density at radius 1 is 1.62 bits per heavy atom. The smallest absolute Gasteiger partial charge is 0.248 e. The molecule has 0 aliphatic carbocycles. The van der Waals surface area contributed by atoms with Crippen LogP contribution in [0.4, 0.5) is 0 Å². The van der Waals surface area contributed by atoms with Gasteiger partial charge in [-0.25, -0.2) is 0 Å². The molecule has 2 N–H and O–H groups in total. The molecule has 1 atom stereocenters. The van der Waals surface area contributed by atoms with E-state index < -0.39 is 0 Å². The van der Waals surface area contributed by atoms with E-state index in [9.17, 15) is 5.21 Å². The molecule has 0 aliphatic rings. The summed E-state index contributed by atoms with van der Waals surface area (Å²) in [5.74, 6) is 0. The van der Waals surface area contributed by atoms with Crippen molar-refractivity contribution in [3.63, 3.8) is 0 Å². The molecule has 0 saturated carbocycles. The second-order valence-corrected chi connectivity index (χ2v) is 2.97. The fourth-order valence-corrected chi connectivity index (χ4v) is 1.18. The largest absolute Gasteiger partial charge is 0.359 e. The van der Waals surface area contributed by atoms with Gasteiger partial charge in [0.1, 0.15) is 0 Å². The van der Waals surface area contributed by atoms with E-state index in [2.05, 4.69) is 9.79 Å². The molecule has 13 heavy (non-hydrogen) atoms. The summed E-state index contributed by atoms with van der Waals surface area (Å²) in [4.78, 5) is 0.375. The van der Waals surface area contributed by atoms with Crippen LogP contribution in [0.3, 0.4) is 0 Å². The minimum absolute atomic E-state index is 0.0683. The van der Waals surface area contributed by atoms with Crippen molar-refractivity contribution in [3.8, 4) is 0 Å².